The summed E-state index contributed by atoms with van der Waals surface area (Å²) in [5.41, 5.74) is 6.66. The van der Waals surface area contributed by atoms with E-state index in [1.54, 1.807) is 23.1 Å². The second-order valence-electron chi connectivity index (χ2n) is 6.37. The number of thiophene rings is 2. The van der Waals surface area contributed by atoms with Gasteiger partial charge in [-0.1, -0.05) is 11.6 Å². The average Bonchev–Trinajstić information content (AvgIpc) is 3.36. The van der Waals surface area contributed by atoms with Crippen LogP contribution in [-0.4, -0.2) is 41.5 Å². The molecular formula is C17H16ClN5O3S3. The van der Waals surface area contributed by atoms with Crippen LogP contribution >= 0.6 is 34.3 Å². The molecule has 0 spiro atoms. The molecule has 0 unspecified atom stereocenters. The van der Waals surface area contributed by atoms with Crippen LogP contribution in [0.1, 0.15) is 9.75 Å². The van der Waals surface area contributed by atoms with Crippen LogP contribution in [0.4, 0.5) is 5.82 Å². The number of rotatable bonds is 7. The number of nitrogens with two attached hydrogens (primary N) is 1. The van der Waals surface area contributed by atoms with Crippen LogP contribution < -0.4 is 10.5 Å². The molecule has 1 aliphatic heterocycles. The fourth-order valence-corrected chi connectivity index (χ4v) is 6.23. The molecule has 0 atom stereocenters. The molecular weight excluding hydrogens is 454 g/mol. The minimum atomic E-state index is -3.64. The Labute approximate surface area is 180 Å². The number of carbonyl (C=O) groups is 1. The maximum absolute atomic E-state index is 12.6. The maximum Gasteiger partial charge on any atom is 0.271 e. The van der Waals surface area contributed by atoms with E-state index in [0.717, 1.165) is 20.0 Å². The van der Waals surface area contributed by atoms with E-state index in [0.29, 0.717) is 29.7 Å². The van der Waals surface area contributed by atoms with E-state index in [4.69, 9.17) is 17.3 Å². The second kappa shape index (κ2) is 7.90. The van der Waals surface area contributed by atoms with Crippen LogP contribution in [0.2, 0.25) is 4.34 Å². The normalized spacial score (nSPS) is 14.6. The number of hydrogen-bond donors (Lipinski definition) is 2. The molecule has 0 radical (unpaired) electrons. The Morgan fingerprint density at radius 3 is 2.79 bits per heavy atom. The highest BCUT2D eigenvalue weighted by molar-refractivity contribution is 7.89. The van der Waals surface area contributed by atoms with Crippen molar-refractivity contribution in [3.8, 4) is 0 Å². The molecule has 29 heavy (non-hydrogen) atoms. The fraction of sp³-hybridized carbons (Fsp3) is 0.235. The third-order valence-electron chi connectivity index (χ3n) is 4.28. The van der Waals surface area contributed by atoms with Crippen molar-refractivity contribution in [2.24, 2.45) is 0 Å². The smallest absolute Gasteiger partial charge is 0.271 e. The van der Waals surface area contributed by atoms with E-state index in [1.165, 1.54) is 29.0 Å². The lowest BCUT2D eigenvalue weighted by atomic mass is 10.3. The lowest BCUT2D eigenvalue weighted by molar-refractivity contribution is -0.126. The summed E-state index contributed by atoms with van der Waals surface area (Å²) in [5.74, 6) is -0.0789. The van der Waals surface area contributed by atoms with E-state index < -0.39 is 10.0 Å². The molecule has 4 rings (SSSR count). The summed E-state index contributed by atoms with van der Waals surface area (Å²) in [6, 6.07) is 5.39. The van der Waals surface area contributed by atoms with Crippen LogP contribution in [0, 0.1) is 0 Å². The number of amides is 1. The van der Waals surface area contributed by atoms with Gasteiger partial charge in [0.2, 0.25) is 10.0 Å². The Morgan fingerprint density at radius 2 is 2.07 bits per heavy atom. The van der Waals surface area contributed by atoms with E-state index in [9.17, 15) is 13.2 Å². The number of halogens is 1. The molecule has 0 fully saturated rings. The molecule has 0 saturated carbocycles. The first-order valence-corrected chi connectivity index (χ1v) is 12.2. The quantitative estimate of drug-likeness (QED) is 0.548. The van der Waals surface area contributed by atoms with Gasteiger partial charge in [0, 0.05) is 16.3 Å². The molecule has 0 saturated heterocycles. The highest BCUT2D eigenvalue weighted by atomic mass is 35.5. The Balaban J connectivity index is 1.38. The van der Waals surface area contributed by atoms with E-state index in [-0.39, 0.29) is 17.4 Å². The number of sulfonamides is 1. The van der Waals surface area contributed by atoms with E-state index in [1.807, 2.05) is 6.07 Å². The van der Waals surface area contributed by atoms with Gasteiger partial charge < -0.3 is 10.6 Å². The third kappa shape index (κ3) is 4.53. The predicted octanol–water partition coefficient (Wildman–Crippen LogP) is 2.38. The Morgan fingerprint density at radius 1 is 1.24 bits per heavy atom. The Bertz CT molecular complexity index is 1220. The molecule has 0 aromatic carbocycles. The van der Waals surface area contributed by atoms with Crippen LogP contribution in [0.15, 0.2) is 36.3 Å². The largest absolute Gasteiger partial charge is 0.382 e. The lowest BCUT2D eigenvalue weighted by Gasteiger charge is -2.15. The number of hydrogen-bond acceptors (Lipinski definition) is 8. The zero-order valence-corrected chi connectivity index (χ0v) is 18.2. The SMILES string of the molecule is Nc1ncnc2cc(CN3CC=C(NS(=O)(=O)CCc4ccc(Cl)s4)C3=O)sc12. The number of carbonyl (C=O) groups excluding carboxylic acids is 1. The summed E-state index contributed by atoms with van der Waals surface area (Å²) < 4.78 is 28.5. The fourth-order valence-electron chi connectivity index (χ4n) is 2.89. The van der Waals surface area contributed by atoms with Crippen LogP contribution in [0.5, 0.6) is 0 Å². The van der Waals surface area contributed by atoms with Crippen molar-refractivity contribution in [1.29, 1.82) is 0 Å². The van der Waals surface area contributed by atoms with E-state index in [2.05, 4.69) is 14.7 Å². The molecule has 3 N–H and O–H groups in total. The van der Waals surface area contributed by atoms with Gasteiger partial charge in [0.1, 0.15) is 17.8 Å². The lowest BCUT2D eigenvalue weighted by Crippen LogP contribution is -2.34. The van der Waals surface area contributed by atoms with Gasteiger partial charge >= 0.3 is 0 Å². The summed E-state index contributed by atoms with van der Waals surface area (Å²) in [5, 5.41) is 0. The van der Waals surface area contributed by atoms with Crippen molar-refractivity contribution in [3.05, 3.63) is 50.4 Å². The minimum Gasteiger partial charge on any atom is -0.382 e. The van der Waals surface area contributed by atoms with Crippen molar-refractivity contribution in [2.75, 3.05) is 18.0 Å². The molecule has 0 bridgehead atoms. The average molecular weight is 470 g/mol. The van der Waals surface area contributed by atoms with Crippen molar-refractivity contribution in [1.82, 2.24) is 19.6 Å². The molecule has 152 valence electrons. The number of aromatic nitrogens is 2. The third-order valence-corrected chi connectivity index (χ3v) is 7.98. The minimum absolute atomic E-state index is 0.0784. The standard InChI is InChI=1S/C17H16ClN5O3S3/c18-14-2-1-10(27-14)4-6-29(25,26)22-12-3-5-23(17(12)24)8-11-7-13-15(28-11)16(19)21-9-20-13/h1-3,7,9,22H,4-6,8H2,(H2,19,20,21). The van der Waals surface area contributed by atoms with Gasteiger partial charge in [-0.2, -0.15) is 0 Å². The molecule has 1 amide bonds. The first-order chi connectivity index (χ1) is 13.8. The number of nitrogens with zero attached hydrogens (tertiary/aromatic N) is 3. The summed E-state index contributed by atoms with van der Waals surface area (Å²) in [6.07, 6.45) is 3.32. The summed E-state index contributed by atoms with van der Waals surface area (Å²) in [4.78, 5) is 24.1. The highest BCUT2D eigenvalue weighted by Crippen LogP contribution is 2.29. The molecule has 1 aliphatic rings. The number of nitrogen functional groups attached to an aromatic ring is 1. The summed E-state index contributed by atoms with van der Waals surface area (Å²) in [6.45, 7) is 0.668. The molecule has 4 heterocycles. The van der Waals surface area contributed by atoms with Crippen molar-refractivity contribution in [2.45, 2.75) is 13.0 Å². The van der Waals surface area contributed by atoms with Gasteiger partial charge in [-0.25, -0.2) is 18.4 Å². The first-order valence-electron chi connectivity index (χ1n) is 8.54. The summed E-state index contributed by atoms with van der Waals surface area (Å²) >= 11 is 8.63. The maximum atomic E-state index is 12.6. The first kappa shape index (κ1) is 20.1. The van der Waals surface area contributed by atoms with Gasteiger partial charge in [-0.15, -0.1) is 22.7 Å². The zero-order valence-electron chi connectivity index (χ0n) is 15.0. The Hall–Kier alpha value is -2.21. The number of anilines is 1. The van der Waals surface area contributed by atoms with Gasteiger partial charge in [0.15, 0.2) is 0 Å². The van der Waals surface area contributed by atoms with E-state index >= 15 is 0 Å². The number of nitrogens with one attached hydrogen (secondary N) is 1. The van der Waals surface area contributed by atoms with Crippen molar-refractivity contribution >= 4 is 66.2 Å². The number of fused-ring (bicyclic) bond motifs is 1. The van der Waals surface area contributed by atoms with Gasteiger partial charge in [-0.05, 0) is 30.7 Å². The van der Waals surface area contributed by atoms with Gasteiger partial charge in [0.05, 0.1) is 26.9 Å². The van der Waals surface area contributed by atoms with Crippen molar-refractivity contribution < 1.29 is 13.2 Å². The highest BCUT2D eigenvalue weighted by Gasteiger charge is 2.27. The van der Waals surface area contributed by atoms with Gasteiger partial charge in [-0.3, -0.25) is 9.52 Å². The van der Waals surface area contributed by atoms with Crippen LogP contribution in [-0.2, 0) is 27.8 Å². The van der Waals surface area contributed by atoms with Crippen molar-refractivity contribution in [3.63, 3.8) is 0 Å². The molecule has 3 aromatic rings. The van der Waals surface area contributed by atoms with Crippen LogP contribution in [0.3, 0.4) is 0 Å². The Kier molecular flexibility index (Phi) is 5.47. The van der Waals surface area contributed by atoms with Crippen LogP contribution in [0.25, 0.3) is 10.2 Å². The predicted molar refractivity (Wildman–Crippen MR) is 115 cm³/mol. The molecule has 12 heteroatoms. The zero-order chi connectivity index (χ0) is 20.6. The molecule has 3 aromatic heterocycles. The second-order valence-corrected chi connectivity index (χ2v) is 11.1. The summed E-state index contributed by atoms with van der Waals surface area (Å²) in [7, 11) is -3.64. The monoisotopic (exact) mass is 469 g/mol. The van der Waals surface area contributed by atoms with Gasteiger partial charge in [0.25, 0.3) is 5.91 Å². The molecule has 8 nitrogen and oxygen atoms in total. The topological polar surface area (TPSA) is 118 Å². The molecule has 0 aliphatic carbocycles. The number of aryl methyl sites for hydroxylation is 1.